The lowest BCUT2D eigenvalue weighted by Crippen LogP contribution is -2.24. The number of nitrogens with zero attached hydrogens (tertiary/aromatic N) is 1. The summed E-state index contributed by atoms with van der Waals surface area (Å²) >= 11 is 0. The molecule has 0 spiro atoms. The van der Waals surface area contributed by atoms with Gasteiger partial charge < -0.3 is 10.1 Å². The molecule has 1 aliphatic carbocycles. The molecule has 1 aliphatic rings. The summed E-state index contributed by atoms with van der Waals surface area (Å²) < 4.78 is 5.30. The van der Waals surface area contributed by atoms with Crippen molar-refractivity contribution in [2.75, 3.05) is 19.8 Å². The van der Waals surface area contributed by atoms with Gasteiger partial charge in [0, 0.05) is 19.3 Å². The standard InChI is InChI=1S/C12H18N2O/c1-2-15-9-8-13-11-6-5-10-4-3-7-14-12(10)11/h3-4,7,11,13H,2,5-6,8-9H2,1H3. The maximum absolute atomic E-state index is 5.30. The summed E-state index contributed by atoms with van der Waals surface area (Å²) in [6, 6.07) is 4.62. The van der Waals surface area contributed by atoms with E-state index >= 15 is 0 Å². The number of aromatic nitrogens is 1. The van der Waals surface area contributed by atoms with Crippen LogP contribution in [-0.2, 0) is 11.2 Å². The molecule has 82 valence electrons. The summed E-state index contributed by atoms with van der Waals surface area (Å²) in [5, 5.41) is 3.49. The topological polar surface area (TPSA) is 34.1 Å². The SMILES string of the molecule is CCOCCNC1CCc2cccnc21. The van der Waals surface area contributed by atoms with Crippen LogP contribution in [0.4, 0.5) is 0 Å². The normalized spacial score (nSPS) is 19.1. The molecule has 0 aliphatic heterocycles. The molecule has 1 unspecified atom stereocenters. The average Bonchev–Trinajstić information content (AvgIpc) is 2.68. The van der Waals surface area contributed by atoms with Gasteiger partial charge in [0.1, 0.15) is 0 Å². The highest BCUT2D eigenvalue weighted by atomic mass is 16.5. The van der Waals surface area contributed by atoms with Crippen molar-refractivity contribution >= 4 is 0 Å². The highest BCUT2D eigenvalue weighted by molar-refractivity contribution is 5.27. The van der Waals surface area contributed by atoms with Crippen molar-refractivity contribution in [3.05, 3.63) is 29.6 Å². The van der Waals surface area contributed by atoms with Crippen molar-refractivity contribution in [1.82, 2.24) is 10.3 Å². The monoisotopic (exact) mass is 206 g/mol. The lowest BCUT2D eigenvalue weighted by molar-refractivity contribution is 0.146. The molecule has 0 amide bonds. The third-order valence-electron chi connectivity index (χ3n) is 2.80. The van der Waals surface area contributed by atoms with Crippen LogP contribution in [0.1, 0.15) is 30.6 Å². The van der Waals surface area contributed by atoms with Crippen LogP contribution in [0.2, 0.25) is 0 Å². The first-order chi connectivity index (χ1) is 7.42. The number of pyridine rings is 1. The molecule has 0 fully saturated rings. The molecule has 0 aromatic carbocycles. The highest BCUT2D eigenvalue weighted by Crippen LogP contribution is 2.28. The smallest absolute Gasteiger partial charge is 0.0605 e. The van der Waals surface area contributed by atoms with E-state index in [0.29, 0.717) is 6.04 Å². The fourth-order valence-corrected chi connectivity index (χ4v) is 2.06. The van der Waals surface area contributed by atoms with Crippen LogP contribution < -0.4 is 5.32 Å². The van der Waals surface area contributed by atoms with Crippen molar-refractivity contribution in [3.63, 3.8) is 0 Å². The minimum atomic E-state index is 0.432. The van der Waals surface area contributed by atoms with Gasteiger partial charge in [-0.1, -0.05) is 6.07 Å². The Kier molecular flexibility index (Phi) is 3.69. The van der Waals surface area contributed by atoms with Gasteiger partial charge in [-0.15, -0.1) is 0 Å². The molecule has 0 saturated heterocycles. The summed E-state index contributed by atoms with van der Waals surface area (Å²) in [6.45, 7) is 4.51. The zero-order chi connectivity index (χ0) is 10.5. The van der Waals surface area contributed by atoms with Gasteiger partial charge in [0.25, 0.3) is 0 Å². The van der Waals surface area contributed by atoms with Crippen LogP contribution in [0.5, 0.6) is 0 Å². The van der Waals surface area contributed by atoms with E-state index in [1.807, 2.05) is 19.2 Å². The van der Waals surface area contributed by atoms with Crippen LogP contribution in [0.3, 0.4) is 0 Å². The zero-order valence-corrected chi connectivity index (χ0v) is 9.20. The summed E-state index contributed by atoms with van der Waals surface area (Å²) in [5.74, 6) is 0. The maximum Gasteiger partial charge on any atom is 0.0605 e. The van der Waals surface area contributed by atoms with Crippen molar-refractivity contribution in [2.45, 2.75) is 25.8 Å². The van der Waals surface area contributed by atoms with Gasteiger partial charge in [0.2, 0.25) is 0 Å². The Hall–Kier alpha value is -0.930. The maximum atomic E-state index is 5.30. The first kappa shape index (κ1) is 10.6. The Morgan fingerprint density at radius 2 is 2.53 bits per heavy atom. The number of rotatable bonds is 5. The second-order valence-electron chi connectivity index (χ2n) is 3.79. The molecule has 0 bridgehead atoms. The van der Waals surface area contributed by atoms with Gasteiger partial charge in [-0.2, -0.15) is 0 Å². The molecule has 2 rings (SSSR count). The van der Waals surface area contributed by atoms with Crippen molar-refractivity contribution in [1.29, 1.82) is 0 Å². The third kappa shape index (κ3) is 2.55. The van der Waals surface area contributed by atoms with Crippen LogP contribution in [0.15, 0.2) is 18.3 Å². The van der Waals surface area contributed by atoms with E-state index in [4.69, 9.17) is 4.74 Å². The van der Waals surface area contributed by atoms with Crippen molar-refractivity contribution in [2.24, 2.45) is 0 Å². The summed E-state index contributed by atoms with van der Waals surface area (Å²) in [7, 11) is 0. The average molecular weight is 206 g/mol. The number of hydrogen-bond acceptors (Lipinski definition) is 3. The second kappa shape index (κ2) is 5.24. The number of nitrogens with one attached hydrogen (secondary N) is 1. The molecule has 3 nitrogen and oxygen atoms in total. The fraction of sp³-hybridized carbons (Fsp3) is 0.583. The van der Waals surface area contributed by atoms with E-state index in [-0.39, 0.29) is 0 Å². The van der Waals surface area contributed by atoms with Gasteiger partial charge in [-0.25, -0.2) is 0 Å². The Bertz CT molecular complexity index is 314. The van der Waals surface area contributed by atoms with E-state index < -0.39 is 0 Å². The minimum Gasteiger partial charge on any atom is -0.380 e. The van der Waals surface area contributed by atoms with Gasteiger partial charge in [-0.3, -0.25) is 4.98 Å². The zero-order valence-electron chi connectivity index (χ0n) is 9.20. The molecular formula is C12H18N2O. The van der Waals surface area contributed by atoms with E-state index in [9.17, 15) is 0 Å². The number of ether oxygens (including phenoxy) is 1. The molecule has 0 saturated carbocycles. The molecule has 1 atom stereocenters. The van der Waals surface area contributed by atoms with E-state index in [1.165, 1.54) is 17.7 Å². The van der Waals surface area contributed by atoms with Crippen molar-refractivity contribution in [3.8, 4) is 0 Å². The van der Waals surface area contributed by atoms with Gasteiger partial charge in [-0.05, 0) is 31.4 Å². The Labute approximate surface area is 90.9 Å². The third-order valence-corrected chi connectivity index (χ3v) is 2.80. The van der Waals surface area contributed by atoms with E-state index in [0.717, 1.165) is 26.2 Å². The Balaban J connectivity index is 1.85. The molecule has 15 heavy (non-hydrogen) atoms. The number of hydrogen-bond donors (Lipinski definition) is 1. The van der Waals surface area contributed by atoms with Crippen molar-refractivity contribution < 1.29 is 4.74 Å². The summed E-state index contributed by atoms with van der Waals surface area (Å²) in [5.41, 5.74) is 2.63. The van der Waals surface area contributed by atoms with Crippen LogP contribution in [-0.4, -0.2) is 24.7 Å². The molecule has 1 aromatic heterocycles. The quantitative estimate of drug-likeness (QED) is 0.744. The molecule has 0 radical (unpaired) electrons. The first-order valence-electron chi connectivity index (χ1n) is 5.66. The first-order valence-corrected chi connectivity index (χ1v) is 5.66. The fourth-order valence-electron chi connectivity index (χ4n) is 2.06. The molecular weight excluding hydrogens is 188 g/mol. The lowest BCUT2D eigenvalue weighted by Gasteiger charge is -2.12. The van der Waals surface area contributed by atoms with Gasteiger partial charge in [0.05, 0.1) is 18.3 Å². The van der Waals surface area contributed by atoms with Gasteiger partial charge in [0.15, 0.2) is 0 Å². The molecule has 1 aromatic rings. The predicted octanol–water partition coefficient (Wildman–Crippen LogP) is 1.70. The van der Waals surface area contributed by atoms with Gasteiger partial charge >= 0.3 is 0 Å². The van der Waals surface area contributed by atoms with Crippen LogP contribution >= 0.6 is 0 Å². The molecule has 1 heterocycles. The summed E-state index contributed by atoms with van der Waals surface area (Å²) in [4.78, 5) is 4.44. The molecule has 3 heteroatoms. The lowest BCUT2D eigenvalue weighted by atomic mass is 10.2. The number of aryl methyl sites for hydroxylation is 1. The number of fused-ring (bicyclic) bond motifs is 1. The van der Waals surface area contributed by atoms with Crippen LogP contribution in [0.25, 0.3) is 0 Å². The summed E-state index contributed by atoms with van der Waals surface area (Å²) in [6.07, 6.45) is 4.19. The largest absolute Gasteiger partial charge is 0.380 e. The second-order valence-corrected chi connectivity index (χ2v) is 3.79. The predicted molar refractivity (Wildman–Crippen MR) is 59.8 cm³/mol. The Morgan fingerprint density at radius 3 is 3.40 bits per heavy atom. The molecule has 1 N–H and O–H groups in total. The van der Waals surface area contributed by atoms with Crippen LogP contribution in [0, 0.1) is 0 Å². The van der Waals surface area contributed by atoms with E-state index in [1.54, 1.807) is 0 Å². The Morgan fingerprint density at radius 1 is 1.60 bits per heavy atom. The minimum absolute atomic E-state index is 0.432. The highest BCUT2D eigenvalue weighted by Gasteiger charge is 2.22. The van der Waals surface area contributed by atoms with E-state index in [2.05, 4.69) is 16.4 Å².